The van der Waals surface area contributed by atoms with E-state index in [1.807, 2.05) is 48.5 Å². The highest BCUT2D eigenvalue weighted by molar-refractivity contribution is 5.95. The van der Waals surface area contributed by atoms with E-state index < -0.39 is 6.09 Å². The molecular weight excluding hydrogens is 302 g/mol. The molecular formula is C19H21N3O2. The number of nitrogens with zero attached hydrogens (tertiary/aromatic N) is 2. The largest absolute Gasteiger partial charge is 0.464 e. The van der Waals surface area contributed by atoms with Crippen LogP contribution in [0.15, 0.2) is 48.5 Å². The second-order valence-corrected chi connectivity index (χ2v) is 6.79. The summed E-state index contributed by atoms with van der Waals surface area (Å²) in [6.45, 7) is 3.24. The molecule has 1 unspecified atom stereocenters. The first kappa shape index (κ1) is 15.0. The molecule has 0 bridgehead atoms. The lowest BCUT2D eigenvalue weighted by atomic mass is 9.81. The summed E-state index contributed by atoms with van der Waals surface area (Å²) in [5, 5.41) is 13.3. The number of hydrogen-bond acceptors (Lipinski definition) is 3. The standard InChI is InChI=1S/C19H21N3O2/c1-19-10-11-20-17(19)21(2)16-9-8-14(12-15(16)19)22(18(23)24)13-6-4-3-5-7-13/h3-9,12,17,20H,10-11H2,1-2H3,(H,23,24)/t17?,19-/m1/s1. The summed E-state index contributed by atoms with van der Waals surface area (Å²) in [5.74, 6) is 0. The van der Waals surface area contributed by atoms with Gasteiger partial charge < -0.3 is 10.0 Å². The summed E-state index contributed by atoms with van der Waals surface area (Å²) in [6.07, 6.45) is 0.355. The van der Waals surface area contributed by atoms with Crippen LogP contribution >= 0.6 is 0 Å². The Bertz CT molecular complexity index is 792. The molecule has 5 nitrogen and oxygen atoms in total. The minimum atomic E-state index is -0.973. The minimum Gasteiger partial charge on any atom is -0.464 e. The first-order valence-corrected chi connectivity index (χ1v) is 8.21. The summed E-state index contributed by atoms with van der Waals surface area (Å²) in [7, 11) is 2.10. The summed E-state index contributed by atoms with van der Waals surface area (Å²) in [4.78, 5) is 15.5. The minimum absolute atomic E-state index is 0.0148. The van der Waals surface area contributed by atoms with Gasteiger partial charge in [-0.05, 0) is 48.9 Å². The third kappa shape index (κ3) is 2.01. The zero-order chi connectivity index (χ0) is 16.9. The Labute approximate surface area is 141 Å². The second kappa shape index (κ2) is 5.24. The van der Waals surface area contributed by atoms with Crippen LogP contribution < -0.4 is 15.1 Å². The van der Waals surface area contributed by atoms with E-state index in [0.29, 0.717) is 11.4 Å². The highest BCUT2D eigenvalue weighted by Gasteiger charge is 2.49. The van der Waals surface area contributed by atoms with Gasteiger partial charge in [-0.25, -0.2) is 9.69 Å². The fraction of sp³-hybridized carbons (Fsp3) is 0.316. The summed E-state index contributed by atoms with van der Waals surface area (Å²) >= 11 is 0. The van der Waals surface area contributed by atoms with Crippen molar-refractivity contribution in [3.05, 3.63) is 54.1 Å². The first-order chi connectivity index (χ1) is 11.5. The quantitative estimate of drug-likeness (QED) is 0.888. The van der Waals surface area contributed by atoms with E-state index in [1.54, 1.807) is 0 Å². The molecule has 1 amide bonds. The Morgan fingerprint density at radius 2 is 2.00 bits per heavy atom. The molecule has 0 aromatic heterocycles. The van der Waals surface area contributed by atoms with E-state index in [9.17, 15) is 9.90 Å². The van der Waals surface area contributed by atoms with Crippen molar-refractivity contribution in [2.45, 2.75) is 24.9 Å². The van der Waals surface area contributed by atoms with Crippen molar-refractivity contribution in [3.63, 3.8) is 0 Å². The molecule has 2 aromatic rings. The average molecular weight is 323 g/mol. The van der Waals surface area contributed by atoms with Crippen LogP contribution in [-0.4, -0.2) is 31.0 Å². The average Bonchev–Trinajstić information content (AvgIpc) is 3.05. The summed E-state index contributed by atoms with van der Waals surface area (Å²) in [6, 6.07) is 15.2. The van der Waals surface area contributed by atoms with Crippen LogP contribution in [0.2, 0.25) is 0 Å². The van der Waals surface area contributed by atoms with Gasteiger partial charge in [0, 0.05) is 18.2 Å². The molecule has 4 rings (SSSR count). The number of carboxylic acid groups (broad SMARTS) is 1. The SMILES string of the molecule is CN1c2ccc(N(C(=O)O)c3ccccc3)cc2[C@@]2(C)CCNC12. The molecule has 2 aliphatic rings. The van der Waals surface area contributed by atoms with Gasteiger partial charge >= 0.3 is 6.09 Å². The number of hydrogen-bond donors (Lipinski definition) is 2. The Morgan fingerprint density at radius 1 is 1.25 bits per heavy atom. The lowest BCUT2D eigenvalue weighted by molar-refractivity contribution is 0.205. The van der Waals surface area contributed by atoms with E-state index in [2.05, 4.69) is 24.2 Å². The van der Waals surface area contributed by atoms with Crippen LogP contribution in [0.5, 0.6) is 0 Å². The molecule has 2 aromatic carbocycles. The maximum absolute atomic E-state index is 11.9. The molecule has 1 fully saturated rings. The van der Waals surface area contributed by atoms with Gasteiger partial charge in [-0.15, -0.1) is 0 Å². The number of amides is 1. The van der Waals surface area contributed by atoms with Crippen LogP contribution in [0.25, 0.3) is 0 Å². The molecule has 2 aliphatic heterocycles. The zero-order valence-electron chi connectivity index (χ0n) is 13.9. The molecule has 0 aliphatic carbocycles. The van der Waals surface area contributed by atoms with Gasteiger partial charge in [0.2, 0.25) is 0 Å². The molecule has 5 heteroatoms. The number of benzene rings is 2. The number of fused-ring (bicyclic) bond motifs is 3. The number of rotatable bonds is 2. The normalized spacial score (nSPS) is 24.6. The van der Waals surface area contributed by atoms with Crippen molar-refractivity contribution in [3.8, 4) is 0 Å². The lowest BCUT2D eigenvalue weighted by Crippen LogP contribution is -2.44. The van der Waals surface area contributed by atoms with E-state index in [0.717, 1.165) is 13.0 Å². The van der Waals surface area contributed by atoms with Crippen molar-refractivity contribution in [1.29, 1.82) is 0 Å². The van der Waals surface area contributed by atoms with Crippen LogP contribution in [0.4, 0.5) is 21.9 Å². The van der Waals surface area contributed by atoms with Crippen molar-refractivity contribution in [2.75, 3.05) is 23.4 Å². The molecule has 0 radical (unpaired) electrons. The maximum atomic E-state index is 11.9. The lowest BCUT2D eigenvalue weighted by Gasteiger charge is -2.28. The van der Waals surface area contributed by atoms with Crippen molar-refractivity contribution in [2.24, 2.45) is 0 Å². The zero-order valence-corrected chi connectivity index (χ0v) is 13.9. The third-order valence-electron chi connectivity index (χ3n) is 5.41. The fourth-order valence-corrected chi connectivity index (χ4v) is 4.19. The van der Waals surface area contributed by atoms with E-state index in [4.69, 9.17) is 0 Å². The highest BCUT2D eigenvalue weighted by atomic mass is 16.4. The molecule has 124 valence electrons. The number of anilines is 3. The third-order valence-corrected chi connectivity index (χ3v) is 5.41. The summed E-state index contributed by atoms with van der Waals surface area (Å²) < 4.78 is 0. The van der Waals surface area contributed by atoms with Gasteiger partial charge in [0.1, 0.15) is 0 Å². The molecule has 2 N–H and O–H groups in total. The Balaban J connectivity index is 1.82. The Morgan fingerprint density at radius 3 is 2.71 bits per heavy atom. The number of likely N-dealkylation sites (N-methyl/N-ethyl adjacent to an activating group) is 1. The topological polar surface area (TPSA) is 55.8 Å². The summed E-state index contributed by atoms with van der Waals surface area (Å²) in [5.41, 5.74) is 3.76. The molecule has 0 saturated carbocycles. The van der Waals surface area contributed by atoms with Crippen molar-refractivity contribution < 1.29 is 9.90 Å². The van der Waals surface area contributed by atoms with Gasteiger partial charge in [-0.1, -0.05) is 25.1 Å². The van der Waals surface area contributed by atoms with Gasteiger partial charge in [0.25, 0.3) is 0 Å². The van der Waals surface area contributed by atoms with E-state index in [1.165, 1.54) is 16.2 Å². The van der Waals surface area contributed by atoms with Crippen molar-refractivity contribution >= 4 is 23.2 Å². The predicted molar refractivity (Wildman–Crippen MR) is 95.2 cm³/mol. The number of carbonyl (C=O) groups is 1. The van der Waals surface area contributed by atoms with Gasteiger partial charge in [0.15, 0.2) is 0 Å². The van der Waals surface area contributed by atoms with Gasteiger partial charge in [-0.3, -0.25) is 5.32 Å². The monoisotopic (exact) mass is 323 g/mol. The van der Waals surface area contributed by atoms with Crippen molar-refractivity contribution in [1.82, 2.24) is 5.32 Å². The Hall–Kier alpha value is -2.53. The predicted octanol–water partition coefficient (Wildman–Crippen LogP) is 3.53. The molecule has 24 heavy (non-hydrogen) atoms. The van der Waals surface area contributed by atoms with E-state index in [-0.39, 0.29) is 11.6 Å². The first-order valence-electron chi connectivity index (χ1n) is 8.21. The maximum Gasteiger partial charge on any atom is 0.416 e. The highest BCUT2D eigenvalue weighted by Crippen LogP contribution is 2.49. The molecule has 2 heterocycles. The van der Waals surface area contributed by atoms with Crippen LogP contribution in [-0.2, 0) is 5.41 Å². The number of para-hydroxylation sites is 1. The van der Waals surface area contributed by atoms with Gasteiger partial charge in [0.05, 0.1) is 17.5 Å². The molecule has 1 saturated heterocycles. The van der Waals surface area contributed by atoms with Gasteiger partial charge in [-0.2, -0.15) is 0 Å². The molecule has 2 atom stereocenters. The van der Waals surface area contributed by atoms with Crippen LogP contribution in [0.1, 0.15) is 18.9 Å². The second-order valence-electron chi connectivity index (χ2n) is 6.79. The van der Waals surface area contributed by atoms with Crippen LogP contribution in [0.3, 0.4) is 0 Å². The molecule has 0 spiro atoms. The number of nitrogens with one attached hydrogen (secondary N) is 1. The fourth-order valence-electron chi connectivity index (χ4n) is 4.19. The van der Waals surface area contributed by atoms with Crippen LogP contribution in [0, 0.1) is 0 Å². The Kier molecular flexibility index (Phi) is 3.28. The van der Waals surface area contributed by atoms with E-state index >= 15 is 0 Å². The smallest absolute Gasteiger partial charge is 0.416 e.